The molecule has 2 fully saturated rings. The van der Waals surface area contributed by atoms with Crippen molar-refractivity contribution < 1.29 is 4.79 Å². The Labute approximate surface area is 174 Å². The molecule has 2 aromatic carbocycles. The number of amides is 1. The molecule has 1 aliphatic heterocycles. The molecule has 1 unspecified atom stereocenters. The molecule has 1 atom stereocenters. The molecule has 0 aromatic heterocycles. The Morgan fingerprint density at radius 2 is 1.52 bits per heavy atom. The molecule has 0 radical (unpaired) electrons. The fraction of sp³-hybridized carbons (Fsp3) is 0.480. The van der Waals surface area contributed by atoms with E-state index >= 15 is 0 Å². The average molecular weight is 392 g/mol. The summed E-state index contributed by atoms with van der Waals surface area (Å²) in [6, 6.07) is 19.6. The van der Waals surface area contributed by atoms with Crippen LogP contribution in [0.5, 0.6) is 0 Å². The van der Waals surface area contributed by atoms with Gasteiger partial charge in [-0.25, -0.2) is 0 Å². The van der Waals surface area contributed by atoms with Crippen molar-refractivity contribution in [2.75, 3.05) is 18.0 Å². The summed E-state index contributed by atoms with van der Waals surface area (Å²) in [5.74, 6) is -0.0209. The quantitative estimate of drug-likeness (QED) is 0.752. The van der Waals surface area contributed by atoms with Gasteiger partial charge in [-0.1, -0.05) is 43.2 Å². The van der Waals surface area contributed by atoms with E-state index in [1.807, 2.05) is 49.4 Å². The molecule has 1 saturated heterocycles. The summed E-state index contributed by atoms with van der Waals surface area (Å²) in [6.45, 7) is 4.19. The van der Waals surface area contributed by atoms with Gasteiger partial charge >= 0.3 is 0 Å². The number of piperidine rings is 1. The Morgan fingerprint density at radius 3 is 2.17 bits per heavy atom. The standard InChI is InChI=1S/C25H33N3O/c1-19(20-7-3-2-4-8-20)26-25(29)21-11-13-24(14-12-21)28-17-15-23(16-18-28)27-22-9-5-6-10-22/h2-4,7-8,11-14,19,22-23,27H,5-6,9-10,15-18H2,1H3,(H,26,29). The Bertz CT molecular complexity index is 775. The summed E-state index contributed by atoms with van der Waals surface area (Å²) in [5, 5.41) is 6.96. The Kier molecular flexibility index (Phi) is 6.50. The maximum atomic E-state index is 12.6. The van der Waals surface area contributed by atoms with Crippen molar-refractivity contribution >= 4 is 11.6 Å². The summed E-state index contributed by atoms with van der Waals surface area (Å²) in [5.41, 5.74) is 3.05. The number of hydrogen-bond donors (Lipinski definition) is 2. The molecule has 1 amide bonds. The van der Waals surface area contributed by atoms with Crippen LogP contribution in [-0.4, -0.2) is 31.1 Å². The number of anilines is 1. The van der Waals surface area contributed by atoms with E-state index in [0.717, 1.165) is 24.7 Å². The smallest absolute Gasteiger partial charge is 0.251 e. The Balaban J connectivity index is 1.28. The van der Waals surface area contributed by atoms with Crippen molar-refractivity contribution in [3.63, 3.8) is 0 Å². The first kappa shape index (κ1) is 20.0. The van der Waals surface area contributed by atoms with Crippen LogP contribution in [0.15, 0.2) is 54.6 Å². The Hall–Kier alpha value is -2.33. The molecule has 4 nitrogen and oxygen atoms in total. The highest BCUT2D eigenvalue weighted by molar-refractivity contribution is 5.94. The molecule has 29 heavy (non-hydrogen) atoms. The lowest BCUT2D eigenvalue weighted by Crippen LogP contribution is -2.45. The second kappa shape index (κ2) is 9.45. The van der Waals surface area contributed by atoms with Crippen molar-refractivity contribution in [3.05, 3.63) is 65.7 Å². The van der Waals surface area contributed by atoms with Gasteiger partial charge in [-0.3, -0.25) is 4.79 Å². The summed E-state index contributed by atoms with van der Waals surface area (Å²) in [6.07, 6.45) is 7.89. The van der Waals surface area contributed by atoms with Crippen LogP contribution in [0.1, 0.15) is 67.4 Å². The number of nitrogens with zero attached hydrogens (tertiary/aromatic N) is 1. The van der Waals surface area contributed by atoms with Crippen molar-refractivity contribution in [1.29, 1.82) is 0 Å². The third kappa shape index (κ3) is 5.18. The van der Waals surface area contributed by atoms with Gasteiger partial charge in [-0.15, -0.1) is 0 Å². The summed E-state index contributed by atoms with van der Waals surface area (Å²) >= 11 is 0. The SMILES string of the molecule is CC(NC(=O)c1ccc(N2CCC(NC3CCCC3)CC2)cc1)c1ccccc1. The van der Waals surface area contributed by atoms with Crippen LogP contribution < -0.4 is 15.5 Å². The molecule has 154 valence electrons. The first-order valence-electron chi connectivity index (χ1n) is 11.2. The molecule has 1 aliphatic carbocycles. The first-order valence-corrected chi connectivity index (χ1v) is 11.2. The van der Waals surface area contributed by atoms with Crippen LogP contribution in [0.4, 0.5) is 5.69 Å². The van der Waals surface area contributed by atoms with E-state index in [0.29, 0.717) is 11.6 Å². The van der Waals surface area contributed by atoms with E-state index < -0.39 is 0 Å². The van der Waals surface area contributed by atoms with E-state index in [1.165, 1.54) is 44.2 Å². The van der Waals surface area contributed by atoms with Gasteiger partial charge in [-0.05, 0) is 62.4 Å². The van der Waals surface area contributed by atoms with Crippen molar-refractivity contribution in [1.82, 2.24) is 10.6 Å². The molecule has 1 saturated carbocycles. The maximum absolute atomic E-state index is 12.6. The normalized spacial score (nSPS) is 19.3. The number of hydrogen-bond acceptors (Lipinski definition) is 3. The number of carbonyl (C=O) groups excluding carboxylic acids is 1. The first-order chi connectivity index (χ1) is 14.2. The minimum Gasteiger partial charge on any atom is -0.371 e. The van der Waals surface area contributed by atoms with Crippen molar-refractivity contribution in [2.45, 2.75) is 63.6 Å². The van der Waals surface area contributed by atoms with Crippen molar-refractivity contribution in [2.24, 2.45) is 0 Å². The predicted octanol–water partition coefficient (Wildman–Crippen LogP) is 4.68. The molecular weight excluding hydrogens is 358 g/mol. The zero-order chi connectivity index (χ0) is 20.1. The van der Waals surface area contributed by atoms with Crippen LogP contribution in [-0.2, 0) is 0 Å². The van der Waals surface area contributed by atoms with Crippen LogP contribution in [0, 0.1) is 0 Å². The van der Waals surface area contributed by atoms with Crippen molar-refractivity contribution in [3.8, 4) is 0 Å². The van der Waals surface area contributed by atoms with E-state index in [4.69, 9.17) is 0 Å². The van der Waals surface area contributed by atoms with Crippen LogP contribution in [0.2, 0.25) is 0 Å². The summed E-state index contributed by atoms with van der Waals surface area (Å²) in [4.78, 5) is 15.0. The van der Waals surface area contributed by atoms with E-state index in [-0.39, 0.29) is 11.9 Å². The average Bonchev–Trinajstić information content (AvgIpc) is 3.28. The molecular formula is C25H33N3O. The van der Waals surface area contributed by atoms with E-state index in [9.17, 15) is 4.79 Å². The molecule has 2 aromatic rings. The highest BCUT2D eigenvalue weighted by atomic mass is 16.1. The van der Waals surface area contributed by atoms with E-state index in [1.54, 1.807) is 0 Å². The zero-order valence-corrected chi connectivity index (χ0v) is 17.4. The summed E-state index contributed by atoms with van der Waals surface area (Å²) in [7, 11) is 0. The minimum atomic E-state index is -0.0209. The topological polar surface area (TPSA) is 44.4 Å². The second-order valence-electron chi connectivity index (χ2n) is 8.56. The van der Waals surface area contributed by atoms with Gasteiger partial charge in [0.1, 0.15) is 0 Å². The van der Waals surface area contributed by atoms with Gasteiger partial charge in [-0.2, -0.15) is 0 Å². The molecule has 0 bridgehead atoms. The summed E-state index contributed by atoms with van der Waals surface area (Å²) < 4.78 is 0. The fourth-order valence-corrected chi connectivity index (χ4v) is 4.66. The fourth-order valence-electron chi connectivity index (χ4n) is 4.66. The predicted molar refractivity (Wildman–Crippen MR) is 119 cm³/mol. The number of carbonyl (C=O) groups is 1. The third-order valence-electron chi connectivity index (χ3n) is 6.46. The second-order valence-corrected chi connectivity index (χ2v) is 8.56. The number of nitrogens with one attached hydrogen (secondary N) is 2. The zero-order valence-electron chi connectivity index (χ0n) is 17.4. The number of benzene rings is 2. The van der Waals surface area contributed by atoms with Crippen LogP contribution >= 0.6 is 0 Å². The highest BCUT2D eigenvalue weighted by Crippen LogP contribution is 2.24. The van der Waals surface area contributed by atoms with Gasteiger partial charge in [0.05, 0.1) is 6.04 Å². The molecule has 2 N–H and O–H groups in total. The lowest BCUT2D eigenvalue weighted by molar-refractivity contribution is 0.0940. The lowest BCUT2D eigenvalue weighted by Gasteiger charge is -2.35. The molecule has 4 heteroatoms. The molecule has 1 heterocycles. The van der Waals surface area contributed by atoms with Gasteiger partial charge in [0.25, 0.3) is 5.91 Å². The van der Waals surface area contributed by atoms with Crippen LogP contribution in [0.3, 0.4) is 0 Å². The third-order valence-corrected chi connectivity index (χ3v) is 6.46. The maximum Gasteiger partial charge on any atom is 0.251 e. The number of rotatable bonds is 6. The minimum absolute atomic E-state index is 0.00484. The molecule has 0 spiro atoms. The van der Waals surface area contributed by atoms with Gasteiger partial charge in [0, 0.05) is 36.4 Å². The van der Waals surface area contributed by atoms with E-state index in [2.05, 4.69) is 27.7 Å². The van der Waals surface area contributed by atoms with Gasteiger partial charge in [0.15, 0.2) is 0 Å². The van der Waals surface area contributed by atoms with Gasteiger partial charge in [0.2, 0.25) is 0 Å². The lowest BCUT2D eigenvalue weighted by atomic mass is 10.0. The largest absolute Gasteiger partial charge is 0.371 e. The van der Waals surface area contributed by atoms with Gasteiger partial charge < -0.3 is 15.5 Å². The Morgan fingerprint density at radius 1 is 0.897 bits per heavy atom. The monoisotopic (exact) mass is 391 g/mol. The molecule has 2 aliphatic rings. The highest BCUT2D eigenvalue weighted by Gasteiger charge is 2.23. The van der Waals surface area contributed by atoms with Crippen LogP contribution in [0.25, 0.3) is 0 Å². The molecule has 4 rings (SSSR count).